The lowest BCUT2D eigenvalue weighted by molar-refractivity contribution is 0.550. The molecule has 2 aliphatic rings. The van der Waals surface area contributed by atoms with Crippen LogP contribution in [-0.4, -0.2) is 19.1 Å². The van der Waals surface area contributed by atoms with Crippen molar-refractivity contribution in [3.8, 4) is 44.5 Å². The smallest absolute Gasteiger partial charge is 0.106 e. The first kappa shape index (κ1) is 30.6. The highest BCUT2D eigenvalue weighted by Gasteiger charge is 2.45. The van der Waals surface area contributed by atoms with Crippen LogP contribution >= 0.6 is 0 Å². The number of rotatable bonds is 3. The number of fused-ring (bicyclic) bond motifs is 9. The SMILES string of the molecule is Cc1nc2ccc(-c3cccc4c(-c5cccc6c5-c5ccccc5C65CCCC5)c5cccc(-c6ccc7nc(C)n(C)c7c6)c5cc34)cc2n1C. The Bertz CT molecular complexity index is 2860. The van der Waals surface area contributed by atoms with E-state index in [0.29, 0.717) is 0 Å². The summed E-state index contributed by atoms with van der Waals surface area (Å²) in [5, 5.41) is 5.09. The first-order valence-electron chi connectivity index (χ1n) is 19.0. The number of benzene rings is 7. The van der Waals surface area contributed by atoms with Gasteiger partial charge in [0.25, 0.3) is 0 Å². The fourth-order valence-electron chi connectivity index (χ4n) is 10.1. The Morgan fingerprint density at radius 3 is 1.58 bits per heavy atom. The van der Waals surface area contributed by atoms with Crippen molar-refractivity contribution in [1.29, 1.82) is 0 Å². The zero-order chi connectivity index (χ0) is 35.6. The number of hydrogen-bond acceptors (Lipinski definition) is 2. The third kappa shape index (κ3) is 4.18. The van der Waals surface area contributed by atoms with Crippen LogP contribution in [0, 0.1) is 13.8 Å². The molecule has 2 aromatic heterocycles. The summed E-state index contributed by atoms with van der Waals surface area (Å²) >= 11 is 0. The van der Waals surface area contributed by atoms with Crippen molar-refractivity contribution in [1.82, 2.24) is 19.1 Å². The van der Waals surface area contributed by atoms with E-state index >= 15 is 0 Å². The van der Waals surface area contributed by atoms with Gasteiger partial charge in [-0.3, -0.25) is 0 Å². The molecule has 2 heterocycles. The lowest BCUT2D eigenvalue weighted by atomic mass is 9.76. The van der Waals surface area contributed by atoms with Crippen LogP contribution in [0.25, 0.3) is 88.1 Å². The van der Waals surface area contributed by atoms with Gasteiger partial charge in [0.2, 0.25) is 0 Å². The van der Waals surface area contributed by atoms with Crippen molar-refractivity contribution < 1.29 is 0 Å². The fraction of sp³-hybridized carbons (Fsp3) is 0.184. The molecule has 4 nitrogen and oxygen atoms in total. The maximum absolute atomic E-state index is 4.82. The molecule has 9 aromatic rings. The first-order chi connectivity index (χ1) is 25.9. The number of aryl methyl sites for hydroxylation is 4. The van der Waals surface area contributed by atoms with E-state index in [9.17, 15) is 0 Å². The first-order valence-corrected chi connectivity index (χ1v) is 19.0. The van der Waals surface area contributed by atoms with Crippen LogP contribution in [0.1, 0.15) is 48.5 Å². The van der Waals surface area contributed by atoms with Gasteiger partial charge in [-0.1, -0.05) is 104 Å². The fourth-order valence-corrected chi connectivity index (χ4v) is 10.1. The van der Waals surface area contributed by atoms with Crippen LogP contribution in [0.5, 0.6) is 0 Å². The molecule has 1 fully saturated rings. The van der Waals surface area contributed by atoms with Gasteiger partial charge >= 0.3 is 0 Å². The maximum atomic E-state index is 4.82. The molecule has 0 unspecified atom stereocenters. The van der Waals surface area contributed by atoms with Gasteiger partial charge in [0.1, 0.15) is 11.6 Å². The van der Waals surface area contributed by atoms with Crippen molar-refractivity contribution in [3.63, 3.8) is 0 Å². The minimum absolute atomic E-state index is 0.103. The summed E-state index contributed by atoms with van der Waals surface area (Å²) in [7, 11) is 4.22. The van der Waals surface area contributed by atoms with Crippen LogP contribution < -0.4 is 0 Å². The lowest BCUT2D eigenvalue weighted by Gasteiger charge is -2.27. The molecule has 0 N–H and O–H groups in total. The third-order valence-electron chi connectivity index (χ3n) is 12.9. The molecule has 4 heteroatoms. The Hall–Kier alpha value is -6.00. The Kier molecular flexibility index (Phi) is 6.36. The van der Waals surface area contributed by atoms with Gasteiger partial charge in [-0.15, -0.1) is 0 Å². The average molecular weight is 685 g/mol. The molecule has 2 aliphatic carbocycles. The molecule has 53 heavy (non-hydrogen) atoms. The Morgan fingerprint density at radius 1 is 0.472 bits per heavy atom. The molecular formula is C49H40N4. The summed E-state index contributed by atoms with van der Waals surface area (Å²) in [6, 6.07) is 46.2. The summed E-state index contributed by atoms with van der Waals surface area (Å²) in [5.41, 5.74) is 17.9. The lowest BCUT2D eigenvalue weighted by Crippen LogP contribution is -2.20. The van der Waals surface area contributed by atoms with Crippen molar-refractivity contribution >= 4 is 43.6 Å². The van der Waals surface area contributed by atoms with Crippen LogP contribution in [0.3, 0.4) is 0 Å². The summed E-state index contributed by atoms with van der Waals surface area (Å²) in [4.78, 5) is 9.63. The quantitative estimate of drug-likeness (QED) is 0.174. The Labute approximate surface area is 309 Å². The Balaban J connectivity index is 1.26. The van der Waals surface area contributed by atoms with Gasteiger partial charge in [0.15, 0.2) is 0 Å². The molecule has 0 amide bonds. The minimum Gasteiger partial charge on any atom is -0.331 e. The molecule has 0 radical (unpaired) electrons. The van der Waals surface area contributed by atoms with E-state index in [0.717, 1.165) is 33.7 Å². The highest BCUT2D eigenvalue weighted by Crippen LogP contribution is 2.59. The zero-order valence-corrected chi connectivity index (χ0v) is 30.7. The topological polar surface area (TPSA) is 35.6 Å². The third-order valence-corrected chi connectivity index (χ3v) is 12.9. The molecule has 256 valence electrons. The van der Waals surface area contributed by atoms with Crippen LogP contribution in [-0.2, 0) is 19.5 Å². The molecule has 0 atom stereocenters. The summed E-state index contributed by atoms with van der Waals surface area (Å²) < 4.78 is 4.39. The molecule has 7 aromatic carbocycles. The van der Waals surface area contributed by atoms with Gasteiger partial charge in [-0.05, 0) is 134 Å². The van der Waals surface area contributed by atoms with Gasteiger partial charge in [-0.25, -0.2) is 9.97 Å². The maximum Gasteiger partial charge on any atom is 0.106 e. The number of hydrogen-bond donors (Lipinski definition) is 0. The molecule has 1 spiro atoms. The number of aromatic nitrogens is 4. The van der Waals surface area contributed by atoms with Crippen LogP contribution in [0.2, 0.25) is 0 Å². The van der Waals surface area contributed by atoms with E-state index in [1.165, 1.54) is 103 Å². The molecular weight excluding hydrogens is 645 g/mol. The van der Waals surface area contributed by atoms with Crippen molar-refractivity contribution in [2.24, 2.45) is 14.1 Å². The second kappa shape index (κ2) is 11.0. The highest BCUT2D eigenvalue weighted by atomic mass is 15.1. The van der Waals surface area contributed by atoms with E-state index in [-0.39, 0.29) is 5.41 Å². The number of nitrogens with zero attached hydrogens (tertiary/aromatic N) is 4. The normalized spacial score (nSPS) is 14.6. The van der Waals surface area contributed by atoms with Gasteiger partial charge < -0.3 is 9.13 Å². The summed E-state index contributed by atoms with van der Waals surface area (Å²) in [6.45, 7) is 4.15. The predicted molar refractivity (Wildman–Crippen MR) is 220 cm³/mol. The molecule has 0 bridgehead atoms. The van der Waals surface area contributed by atoms with E-state index in [2.05, 4.69) is 158 Å². The van der Waals surface area contributed by atoms with Crippen molar-refractivity contribution in [2.45, 2.75) is 44.9 Å². The molecule has 0 aliphatic heterocycles. The molecule has 0 saturated heterocycles. The van der Waals surface area contributed by atoms with Crippen molar-refractivity contribution in [3.05, 3.63) is 144 Å². The monoisotopic (exact) mass is 684 g/mol. The van der Waals surface area contributed by atoms with Crippen LogP contribution in [0.4, 0.5) is 0 Å². The van der Waals surface area contributed by atoms with E-state index in [1.807, 2.05) is 0 Å². The average Bonchev–Trinajstić information content (AvgIpc) is 3.94. The van der Waals surface area contributed by atoms with E-state index < -0.39 is 0 Å². The predicted octanol–water partition coefficient (Wildman–Crippen LogP) is 12.2. The van der Waals surface area contributed by atoms with Gasteiger partial charge in [0.05, 0.1) is 22.1 Å². The zero-order valence-electron chi connectivity index (χ0n) is 30.7. The number of imidazole rings is 2. The Morgan fingerprint density at radius 2 is 0.981 bits per heavy atom. The van der Waals surface area contributed by atoms with E-state index in [4.69, 9.17) is 9.97 Å². The molecule has 1 saturated carbocycles. The van der Waals surface area contributed by atoms with Gasteiger partial charge in [0, 0.05) is 19.5 Å². The second-order valence-electron chi connectivity index (χ2n) is 15.5. The second-order valence-corrected chi connectivity index (χ2v) is 15.5. The molecule has 11 rings (SSSR count). The summed E-state index contributed by atoms with van der Waals surface area (Å²) in [5.74, 6) is 2.04. The summed E-state index contributed by atoms with van der Waals surface area (Å²) in [6.07, 6.45) is 5.00. The van der Waals surface area contributed by atoms with Crippen LogP contribution in [0.15, 0.2) is 121 Å². The van der Waals surface area contributed by atoms with E-state index in [1.54, 1.807) is 0 Å². The minimum atomic E-state index is 0.103. The van der Waals surface area contributed by atoms with Gasteiger partial charge in [-0.2, -0.15) is 0 Å². The highest BCUT2D eigenvalue weighted by molar-refractivity contribution is 6.21. The largest absolute Gasteiger partial charge is 0.331 e. The van der Waals surface area contributed by atoms with Crippen molar-refractivity contribution in [2.75, 3.05) is 0 Å². The standard InChI is InChI=1S/C49H40N4/c1-29-50-43-22-20-31(26-45(43)52(29)3)33-13-9-15-35-39(33)28-40-34(32-21-23-44-46(27-32)53(4)30(2)51-44)14-10-16-36(40)47(35)38-17-11-19-42-48(38)37-12-5-6-18-41(37)49(42)24-7-8-25-49/h5-6,9-23,26-28H,7-8,24-25H2,1-4H3.